The van der Waals surface area contributed by atoms with E-state index in [0.29, 0.717) is 13.0 Å². The van der Waals surface area contributed by atoms with Crippen molar-refractivity contribution in [3.63, 3.8) is 0 Å². The average Bonchev–Trinajstić information content (AvgIpc) is 2.84. The van der Waals surface area contributed by atoms with Crippen LogP contribution in [0.3, 0.4) is 0 Å². The van der Waals surface area contributed by atoms with Crippen molar-refractivity contribution in [1.29, 1.82) is 0 Å². The maximum absolute atomic E-state index is 12.6. The smallest absolute Gasteiger partial charge is 0.243 e. The van der Waals surface area contributed by atoms with E-state index in [0.717, 1.165) is 38.9 Å². The van der Waals surface area contributed by atoms with Gasteiger partial charge in [0.1, 0.15) is 6.04 Å². The van der Waals surface area contributed by atoms with Gasteiger partial charge < -0.3 is 15.5 Å². The largest absolute Gasteiger partial charge is 0.354 e. The van der Waals surface area contributed by atoms with Crippen LogP contribution < -0.4 is 10.6 Å². The molecule has 1 atom stereocenters. The molecule has 2 aliphatic rings. The lowest BCUT2D eigenvalue weighted by Crippen LogP contribution is -2.52. The van der Waals surface area contributed by atoms with Gasteiger partial charge in [0.05, 0.1) is 0 Å². The second-order valence-electron chi connectivity index (χ2n) is 7.16. The highest BCUT2D eigenvalue weighted by molar-refractivity contribution is 5.88. The van der Waals surface area contributed by atoms with Crippen LogP contribution in [0, 0.1) is 11.3 Å². The molecule has 2 N–H and O–H groups in total. The summed E-state index contributed by atoms with van der Waals surface area (Å²) in [5.74, 6) is 0.282. The Morgan fingerprint density at radius 3 is 2.57 bits per heavy atom. The predicted molar refractivity (Wildman–Crippen MR) is 82.8 cm³/mol. The van der Waals surface area contributed by atoms with E-state index in [-0.39, 0.29) is 29.2 Å². The fourth-order valence-electron chi connectivity index (χ4n) is 3.38. The molecule has 0 saturated carbocycles. The molecular formula is C16H29N3O2. The molecule has 2 amide bonds. The first kappa shape index (κ1) is 16.3. The third kappa shape index (κ3) is 3.96. The number of carbonyl (C=O) groups excluding carboxylic acids is 2. The van der Waals surface area contributed by atoms with Crippen molar-refractivity contribution in [2.75, 3.05) is 26.2 Å². The summed E-state index contributed by atoms with van der Waals surface area (Å²) in [6.45, 7) is 9.73. The number of hydrogen-bond donors (Lipinski definition) is 2. The Kier molecular flexibility index (Phi) is 5.25. The molecule has 2 fully saturated rings. The van der Waals surface area contributed by atoms with Gasteiger partial charge in [-0.2, -0.15) is 0 Å². The fraction of sp³-hybridized carbons (Fsp3) is 0.875. The monoisotopic (exact) mass is 295 g/mol. The molecule has 0 radical (unpaired) electrons. The maximum atomic E-state index is 12.6. The third-order valence-corrected chi connectivity index (χ3v) is 4.85. The van der Waals surface area contributed by atoms with Gasteiger partial charge in [-0.3, -0.25) is 9.59 Å². The van der Waals surface area contributed by atoms with Crippen molar-refractivity contribution >= 4 is 11.8 Å². The Morgan fingerprint density at radius 2 is 2.05 bits per heavy atom. The zero-order chi connectivity index (χ0) is 15.5. The lowest BCUT2D eigenvalue weighted by atomic mass is 9.81. The van der Waals surface area contributed by atoms with Gasteiger partial charge in [-0.1, -0.05) is 20.8 Å². The summed E-state index contributed by atoms with van der Waals surface area (Å²) in [6, 6.07) is -0.315. The first-order valence-electron chi connectivity index (χ1n) is 8.21. The van der Waals surface area contributed by atoms with E-state index in [2.05, 4.69) is 17.6 Å². The molecule has 2 rings (SSSR count). The highest BCUT2D eigenvalue weighted by Gasteiger charge is 2.36. The molecule has 2 aliphatic heterocycles. The summed E-state index contributed by atoms with van der Waals surface area (Å²) in [5.41, 5.74) is 0.178. The zero-order valence-corrected chi connectivity index (χ0v) is 13.6. The number of carbonyl (C=O) groups is 2. The van der Waals surface area contributed by atoms with Gasteiger partial charge in [-0.15, -0.1) is 0 Å². The molecule has 0 aromatic heterocycles. The number of nitrogens with zero attached hydrogens (tertiary/aromatic N) is 1. The minimum Gasteiger partial charge on any atom is -0.354 e. The fourth-order valence-corrected chi connectivity index (χ4v) is 3.38. The molecule has 0 bridgehead atoms. The van der Waals surface area contributed by atoms with E-state index >= 15 is 0 Å². The maximum Gasteiger partial charge on any atom is 0.243 e. The molecule has 5 nitrogen and oxygen atoms in total. The number of nitrogens with one attached hydrogen (secondary N) is 2. The topological polar surface area (TPSA) is 61.4 Å². The van der Waals surface area contributed by atoms with Gasteiger partial charge in [0, 0.05) is 19.5 Å². The minimum absolute atomic E-state index is 0.0139. The quantitative estimate of drug-likeness (QED) is 0.799. The van der Waals surface area contributed by atoms with Crippen molar-refractivity contribution in [2.24, 2.45) is 11.3 Å². The first-order valence-corrected chi connectivity index (χ1v) is 8.21. The summed E-state index contributed by atoms with van der Waals surface area (Å²) in [4.78, 5) is 26.3. The number of hydrogen-bond acceptors (Lipinski definition) is 3. The van der Waals surface area contributed by atoms with Gasteiger partial charge >= 0.3 is 0 Å². The number of rotatable bonds is 5. The highest BCUT2D eigenvalue weighted by atomic mass is 16.2. The molecule has 0 aliphatic carbocycles. The Bertz CT molecular complexity index is 389. The molecule has 2 heterocycles. The highest BCUT2D eigenvalue weighted by Crippen LogP contribution is 2.27. The Balaban J connectivity index is 1.94. The normalized spacial score (nSPS) is 23.4. The summed E-state index contributed by atoms with van der Waals surface area (Å²) in [5, 5.41) is 6.46. The number of piperidine rings is 1. The third-order valence-electron chi connectivity index (χ3n) is 4.85. The lowest BCUT2D eigenvalue weighted by Gasteiger charge is -2.36. The molecule has 0 aromatic carbocycles. The molecular weight excluding hydrogens is 266 g/mol. The van der Waals surface area contributed by atoms with E-state index < -0.39 is 0 Å². The van der Waals surface area contributed by atoms with Crippen LogP contribution in [0.1, 0.15) is 46.5 Å². The summed E-state index contributed by atoms with van der Waals surface area (Å²) in [7, 11) is 0. The second-order valence-corrected chi connectivity index (χ2v) is 7.16. The van der Waals surface area contributed by atoms with E-state index in [1.165, 1.54) is 0 Å². The van der Waals surface area contributed by atoms with Crippen LogP contribution in [0.4, 0.5) is 0 Å². The lowest BCUT2D eigenvalue weighted by molar-refractivity contribution is -0.139. The summed E-state index contributed by atoms with van der Waals surface area (Å²) < 4.78 is 0. The van der Waals surface area contributed by atoms with Crippen molar-refractivity contribution in [3.8, 4) is 0 Å². The van der Waals surface area contributed by atoms with Gasteiger partial charge in [-0.05, 0) is 43.7 Å². The van der Waals surface area contributed by atoms with Crippen molar-refractivity contribution < 1.29 is 9.59 Å². The minimum atomic E-state index is -0.315. The van der Waals surface area contributed by atoms with E-state index in [1.807, 2.05) is 13.8 Å². The zero-order valence-electron chi connectivity index (χ0n) is 13.6. The van der Waals surface area contributed by atoms with Gasteiger partial charge in [0.25, 0.3) is 0 Å². The van der Waals surface area contributed by atoms with E-state index in [9.17, 15) is 9.59 Å². The Morgan fingerprint density at radius 1 is 1.38 bits per heavy atom. The van der Waals surface area contributed by atoms with Crippen LogP contribution >= 0.6 is 0 Å². The van der Waals surface area contributed by atoms with Crippen LogP contribution in [-0.2, 0) is 9.59 Å². The van der Waals surface area contributed by atoms with E-state index in [4.69, 9.17) is 0 Å². The first-order chi connectivity index (χ1) is 9.93. The molecule has 1 unspecified atom stereocenters. The number of amides is 2. The predicted octanol–water partition coefficient (Wildman–Crippen LogP) is 1.14. The van der Waals surface area contributed by atoms with Crippen molar-refractivity contribution in [3.05, 3.63) is 0 Å². The van der Waals surface area contributed by atoms with Gasteiger partial charge in [-0.25, -0.2) is 0 Å². The number of likely N-dealkylation sites (tertiary alicyclic amines) is 1. The summed E-state index contributed by atoms with van der Waals surface area (Å²) >= 11 is 0. The molecule has 120 valence electrons. The Hall–Kier alpha value is -1.10. The van der Waals surface area contributed by atoms with E-state index in [1.54, 1.807) is 4.90 Å². The molecule has 2 saturated heterocycles. The SMILES string of the molecule is CC(C)C(C(=O)NCC1(C)CCNCC1)N1CCCC1=O. The molecule has 0 spiro atoms. The second kappa shape index (κ2) is 6.77. The molecule has 5 heteroatoms. The van der Waals surface area contributed by atoms with Crippen LogP contribution in [0.5, 0.6) is 0 Å². The van der Waals surface area contributed by atoms with Gasteiger partial charge in [0.2, 0.25) is 11.8 Å². The standard InChI is InChI=1S/C16H29N3O2/c1-12(2)14(19-10-4-5-13(19)20)15(21)18-11-16(3)6-8-17-9-7-16/h12,14,17H,4-11H2,1-3H3,(H,18,21). The molecule has 0 aromatic rings. The summed E-state index contributed by atoms with van der Waals surface area (Å²) in [6.07, 6.45) is 3.63. The van der Waals surface area contributed by atoms with Gasteiger partial charge in [0.15, 0.2) is 0 Å². The Labute approximate surface area is 127 Å². The van der Waals surface area contributed by atoms with Crippen LogP contribution in [-0.4, -0.2) is 48.9 Å². The van der Waals surface area contributed by atoms with Crippen LogP contribution in [0.25, 0.3) is 0 Å². The van der Waals surface area contributed by atoms with Crippen LogP contribution in [0.15, 0.2) is 0 Å². The van der Waals surface area contributed by atoms with Crippen molar-refractivity contribution in [2.45, 2.75) is 52.5 Å². The molecule has 21 heavy (non-hydrogen) atoms. The van der Waals surface area contributed by atoms with Crippen molar-refractivity contribution in [1.82, 2.24) is 15.5 Å². The average molecular weight is 295 g/mol. The van der Waals surface area contributed by atoms with Crippen LogP contribution in [0.2, 0.25) is 0 Å².